The minimum Gasteiger partial charge on any atom is -0.356 e. The number of aromatic amines is 1. The van der Waals surface area contributed by atoms with E-state index in [-0.39, 0.29) is 5.91 Å². The van der Waals surface area contributed by atoms with Crippen LogP contribution in [0.2, 0.25) is 0 Å². The summed E-state index contributed by atoms with van der Waals surface area (Å²) in [7, 11) is 0. The second-order valence-electron chi connectivity index (χ2n) is 3.64. The van der Waals surface area contributed by atoms with Gasteiger partial charge < -0.3 is 10.3 Å². The second-order valence-corrected chi connectivity index (χ2v) is 6.81. The van der Waals surface area contributed by atoms with Gasteiger partial charge in [-0.05, 0) is 37.1 Å². The highest BCUT2D eigenvalue weighted by Crippen LogP contribution is 2.14. The highest BCUT2D eigenvalue weighted by molar-refractivity contribution is 7.99. The minimum atomic E-state index is 0.0832. The van der Waals surface area contributed by atoms with Crippen molar-refractivity contribution in [1.82, 2.24) is 10.3 Å². The second kappa shape index (κ2) is 7.89. The normalized spacial score (nSPS) is 10.5. The Morgan fingerprint density at radius 2 is 2.35 bits per heavy atom. The summed E-state index contributed by atoms with van der Waals surface area (Å²) in [5.74, 6) is 2.33. The first-order chi connectivity index (χ1) is 8.13. The zero-order valence-corrected chi connectivity index (χ0v) is 12.6. The smallest absolute Gasteiger partial charge is 0.225 e. The van der Waals surface area contributed by atoms with Crippen LogP contribution in [0.3, 0.4) is 0 Å². The van der Waals surface area contributed by atoms with Crippen LogP contribution < -0.4 is 5.32 Å². The number of hydrogen-bond acceptors (Lipinski definition) is 4. The quantitative estimate of drug-likeness (QED) is 0.599. The number of thiazole rings is 1. The van der Waals surface area contributed by atoms with Gasteiger partial charge >= 0.3 is 0 Å². The summed E-state index contributed by atoms with van der Waals surface area (Å²) in [5, 5.41) is 2.93. The topological polar surface area (TPSA) is 44.9 Å². The van der Waals surface area contributed by atoms with Gasteiger partial charge in [-0.25, -0.2) is 0 Å². The molecule has 1 rings (SSSR count). The van der Waals surface area contributed by atoms with Gasteiger partial charge in [0.25, 0.3) is 0 Å². The molecule has 0 fully saturated rings. The number of rotatable bonds is 7. The zero-order valence-electron chi connectivity index (χ0n) is 10.2. The van der Waals surface area contributed by atoms with Crippen LogP contribution in [0.25, 0.3) is 0 Å². The number of nitrogens with one attached hydrogen (secondary N) is 2. The number of aryl methyl sites for hydroxylation is 1. The lowest BCUT2D eigenvalue weighted by Crippen LogP contribution is -2.26. The lowest BCUT2D eigenvalue weighted by Gasteiger charge is -2.04. The van der Waals surface area contributed by atoms with Gasteiger partial charge in [-0.2, -0.15) is 11.8 Å². The van der Waals surface area contributed by atoms with E-state index in [1.54, 1.807) is 0 Å². The molecule has 0 saturated heterocycles. The fourth-order valence-corrected chi connectivity index (χ4v) is 3.29. The van der Waals surface area contributed by atoms with Crippen LogP contribution in [-0.2, 0) is 11.2 Å². The monoisotopic (exact) mass is 290 g/mol. The van der Waals surface area contributed by atoms with E-state index in [4.69, 9.17) is 12.2 Å². The molecular formula is C11H18N2OS3. The maximum absolute atomic E-state index is 11.6. The van der Waals surface area contributed by atoms with E-state index in [1.165, 1.54) is 11.3 Å². The number of thioether (sulfide) groups is 1. The molecule has 0 radical (unpaired) electrons. The minimum absolute atomic E-state index is 0.0832. The van der Waals surface area contributed by atoms with Gasteiger partial charge in [0.2, 0.25) is 5.91 Å². The van der Waals surface area contributed by atoms with Crippen molar-refractivity contribution in [3.8, 4) is 0 Å². The van der Waals surface area contributed by atoms with E-state index >= 15 is 0 Å². The maximum Gasteiger partial charge on any atom is 0.225 e. The number of H-pyrrole nitrogens is 1. The Bertz CT molecular complexity index is 411. The fraction of sp³-hybridized carbons (Fsp3) is 0.636. The van der Waals surface area contributed by atoms with Crippen molar-refractivity contribution < 1.29 is 4.79 Å². The SMILES string of the molecule is CCSCCCNC(=O)Cc1sc(=S)[nH]c1C. The summed E-state index contributed by atoms with van der Waals surface area (Å²) in [6.45, 7) is 4.86. The highest BCUT2D eigenvalue weighted by atomic mass is 32.2. The van der Waals surface area contributed by atoms with E-state index in [0.717, 1.165) is 39.0 Å². The molecule has 2 N–H and O–H groups in total. The first-order valence-corrected chi connectivity index (χ1v) is 8.04. The molecule has 1 amide bonds. The van der Waals surface area contributed by atoms with Crippen molar-refractivity contribution in [3.05, 3.63) is 14.5 Å². The van der Waals surface area contributed by atoms with Crippen molar-refractivity contribution >= 4 is 41.2 Å². The van der Waals surface area contributed by atoms with Crippen LogP contribution in [0, 0.1) is 10.9 Å². The van der Waals surface area contributed by atoms with Crippen LogP contribution in [0.5, 0.6) is 0 Å². The molecule has 3 nitrogen and oxygen atoms in total. The summed E-state index contributed by atoms with van der Waals surface area (Å²) in [4.78, 5) is 15.7. The summed E-state index contributed by atoms with van der Waals surface area (Å²) in [6.07, 6.45) is 1.47. The fourth-order valence-electron chi connectivity index (χ4n) is 1.36. The zero-order chi connectivity index (χ0) is 12.7. The van der Waals surface area contributed by atoms with Gasteiger partial charge in [-0.15, -0.1) is 11.3 Å². The van der Waals surface area contributed by atoms with Crippen LogP contribution in [-0.4, -0.2) is 28.9 Å². The van der Waals surface area contributed by atoms with E-state index in [2.05, 4.69) is 17.2 Å². The largest absolute Gasteiger partial charge is 0.356 e. The third-order valence-corrected chi connectivity index (χ3v) is 4.56. The van der Waals surface area contributed by atoms with E-state index in [1.807, 2.05) is 18.7 Å². The molecule has 1 aromatic heterocycles. The molecule has 0 bridgehead atoms. The predicted molar refractivity (Wildman–Crippen MR) is 78.6 cm³/mol. The Morgan fingerprint density at radius 3 is 2.94 bits per heavy atom. The lowest BCUT2D eigenvalue weighted by molar-refractivity contribution is -0.120. The maximum atomic E-state index is 11.6. The number of carbonyl (C=O) groups excluding carboxylic acids is 1. The molecule has 0 aliphatic rings. The van der Waals surface area contributed by atoms with E-state index in [0.29, 0.717) is 6.42 Å². The predicted octanol–water partition coefficient (Wildman–Crippen LogP) is 2.92. The van der Waals surface area contributed by atoms with E-state index in [9.17, 15) is 4.79 Å². The molecule has 0 aliphatic carbocycles. The molecule has 6 heteroatoms. The van der Waals surface area contributed by atoms with Crippen molar-refractivity contribution in [3.63, 3.8) is 0 Å². The van der Waals surface area contributed by atoms with Crippen molar-refractivity contribution in [2.24, 2.45) is 0 Å². The standard InChI is InChI=1S/C11H18N2OS3/c1-3-16-6-4-5-12-10(14)7-9-8(2)13-11(15)17-9/h3-7H2,1-2H3,(H,12,14)(H,13,15). The molecule has 96 valence electrons. The Hall–Kier alpha value is -0.330. The Kier molecular flexibility index (Phi) is 6.84. The van der Waals surface area contributed by atoms with Crippen LogP contribution in [0.1, 0.15) is 23.9 Å². The Morgan fingerprint density at radius 1 is 1.59 bits per heavy atom. The van der Waals surface area contributed by atoms with Crippen molar-refractivity contribution in [2.45, 2.75) is 26.7 Å². The lowest BCUT2D eigenvalue weighted by atomic mass is 10.3. The van der Waals surface area contributed by atoms with Gasteiger partial charge in [0, 0.05) is 17.1 Å². The first-order valence-electron chi connectivity index (χ1n) is 5.66. The van der Waals surface area contributed by atoms with Gasteiger partial charge in [-0.1, -0.05) is 6.92 Å². The molecule has 1 aromatic rings. The Labute approximate surface area is 115 Å². The van der Waals surface area contributed by atoms with Crippen LogP contribution in [0.4, 0.5) is 0 Å². The van der Waals surface area contributed by atoms with Gasteiger partial charge in [-0.3, -0.25) is 4.79 Å². The highest BCUT2D eigenvalue weighted by Gasteiger charge is 2.07. The molecule has 0 unspecified atom stereocenters. The molecule has 0 saturated carbocycles. The summed E-state index contributed by atoms with van der Waals surface area (Å²) in [6, 6.07) is 0. The van der Waals surface area contributed by atoms with E-state index < -0.39 is 0 Å². The molecule has 1 heterocycles. The molecule has 17 heavy (non-hydrogen) atoms. The summed E-state index contributed by atoms with van der Waals surface area (Å²) in [5.41, 5.74) is 1.01. The number of carbonyl (C=O) groups is 1. The average Bonchev–Trinajstić information content (AvgIpc) is 2.57. The molecule has 0 atom stereocenters. The first kappa shape index (κ1) is 14.7. The number of hydrogen-bond donors (Lipinski definition) is 2. The van der Waals surface area contributed by atoms with Crippen molar-refractivity contribution in [1.29, 1.82) is 0 Å². The third-order valence-electron chi connectivity index (χ3n) is 2.24. The third kappa shape index (κ3) is 5.70. The van der Waals surface area contributed by atoms with Crippen LogP contribution in [0.15, 0.2) is 0 Å². The summed E-state index contributed by atoms with van der Waals surface area (Å²) >= 11 is 8.42. The average molecular weight is 290 g/mol. The number of amides is 1. The molecule has 0 aliphatic heterocycles. The molecule has 0 spiro atoms. The summed E-state index contributed by atoms with van der Waals surface area (Å²) < 4.78 is 0.740. The van der Waals surface area contributed by atoms with Gasteiger partial charge in [0.1, 0.15) is 0 Å². The van der Waals surface area contributed by atoms with Crippen LogP contribution >= 0.6 is 35.3 Å². The Balaban J connectivity index is 2.25. The van der Waals surface area contributed by atoms with Gasteiger partial charge in [0.05, 0.1) is 6.42 Å². The molecule has 0 aromatic carbocycles. The van der Waals surface area contributed by atoms with Gasteiger partial charge in [0.15, 0.2) is 3.95 Å². The number of aromatic nitrogens is 1. The van der Waals surface area contributed by atoms with Crippen molar-refractivity contribution in [2.75, 3.05) is 18.1 Å². The molecular weight excluding hydrogens is 272 g/mol.